The molecule has 2 heteroatoms. The minimum atomic E-state index is 0.0178. The Morgan fingerprint density at radius 1 is 1.29 bits per heavy atom. The molecule has 0 atom stereocenters. The summed E-state index contributed by atoms with van der Waals surface area (Å²) >= 11 is 0. The number of rotatable bonds is 5. The van der Waals surface area contributed by atoms with Gasteiger partial charge < -0.3 is 4.90 Å². The zero-order valence-electron chi connectivity index (χ0n) is 9.34. The first-order valence-electron chi connectivity index (χ1n) is 4.85. The number of hydrogen-bond acceptors (Lipinski definition) is 1. The fraction of sp³-hybridized carbons (Fsp3) is 0.417. The van der Waals surface area contributed by atoms with Gasteiger partial charge in [0.2, 0.25) is 5.91 Å². The first kappa shape index (κ1) is 12.7. The molecule has 0 unspecified atom stereocenters. The van der Waals surface area contributed by atoms with Gasteiger partial charge >= 0.3 is 0 Å². The van der Waals surface area contributed by atoms with Crippen molar-refractivity contribution in [2.45, 2.75) is 27.2 Å². The van der Waals surface area contributed by atoms with E-state index in [-0.39, 0.29) is 5.91 Å². The van der Waals surface area contributed by atoms with Crippen LogP contribution in [0, 0.1) is 0 Å². The van der Waals surface area contributed by atoms with Gasteiger partial charge in [0, 0.05) is 19.2 Å². The molecule has 14 heavy (non-hydrogen) atoms. The topological polar surface area (TPSA) is 20.3 Å². The van der Waals surface area contributed by atoms with Gasteiger partial charge in [-0.3, -0.25) is 4.79 Å². The minimum absolute atomic E-state index is 0.0178. The summed E-state index contributed by atoms with van der Waals surface area (Å²) in [5, 5.41) is 0. The average Bonchev–Trinajstić information content (AvgIpc) is 2.14. The van der Waals surface area contributed by atoms with E-state index >= 15 is 0 Å². The highest BCUT2D eigenvalue weighted by atomic mass is 16.2. The molecule has 0 saturated carbocycles. The lowest BCUT2D eigenvalue weighted by Crippen LogP contribution is -2.26. The van der Waals surface area contributed by atoms with Crippen molar-refractivity contribution in [2.24, 2.45) is 0 Å². The predicted octanol–water partition coefficient (Wildman–Crippen LogP) is 2.89. The van der Waals surface area contributed by atoms with Gasteiger partial charge in [-0.25, -0.2) is 0 Å². The molecule has 0 fully saturated rings. The third-order valence-electron chi connectivity index (χ3n) is 2.01. The molecule has 0 aromatic carbocycles. The normalized spacial score (nSPS) is 10.2. The number of carbonyl (C=O) groups excluding carboxylic acids is 1. The van der Waals surface area contributed by atoms with Crippen LogP contribution < -0.4 is 0 Å². The Balaban J connectivity index is 4.39. The van der Waals surface area contributed by atoms with Gasteiger partial charge in [-0.2, -0.15) is 0 Å². The highest BCUT2D eigenvalue weighted by Crippen LogP contribution is 2.06. The third kappa shape index (κ3) is 4.08. The van der Waals surface area contributed by atoms with Crippen molar-refractivity contribution < 1.29 is 4.79 Å². The zero-order chi connectivity index (χ0) is 11.1. The lowest BCUT2D eigenvalue weighted by Gasteiger charge is -2.18. The van der Waals surface area contributed by atoms with Crippen LogP contribution in [0.3, 0.4) is 0 Å². The maximum atomic E-state index is 11.1. The molecule has 0 rings (SSSR count). The van der Waals surface area contributed by atoms with E-state index in [0.717, 1.165) is 17.7 Å². The number of allylic oxidation sites excluding steroid dienone is 3. The molecule has 0 bridgehead atoms. The molecule has 0 aliphatic heterocycles. The molecule has 2 nitrogen and oxygen atoms in total. The van der Waals surface area contributed by atoms with Crippen molar-refractivity contribution in [1.29, 1.82) is 0 Å². The number of likely N-dealkylation sites (N-methyl/N-ethyl adjacent to an activating group) is 1. The Labute approximate surface area is 86.6 Å². The molecule has 0 aliphatic carbocycles. The summed E-state index contributed by atoms with van der Waals surface area (Å²) in [5.74, 6) is 0.0178. The van der Waals surface area contributed by atoms with Crippen LogP contribution >= 0.6 is 0 Å². The Morgan fingerprint density at radius 3 is 2.21 bits per heavy atom. The summed E-state index contributed by atoms with van der Waals surface area (Å²) in [4.78, 5) is 12.8. The molecule has 78 valence electrons. The van der Waals surface area contributed by atoms with Crippen LogP contribution in [0.25, 0.3) is 0 Å². The lowest BCUT2D eigenvalue weighted by molar-refractivity contribution is -0.126. The lowest BCUT2D eigenvalue weighted by atomic mass is 10.2. The van der Waals surface area contributed by atoms with E-state index in [1.807, 2.05) is 26.0 Å². The summed E-state index contributed by atoms with van der Waals surface area (Å²) in [7, 11) is 0. The van der Waals surface area contributed by atoms with Crippen LogP contribution in [0.5, 0.6) is 0 Å². The van der Waals surface area contributed by atoms with Crippen molar-refractivity contribution in [1.82, 2.24) is 4.90 Å². The van der Waals surface area contributed by atoms with Gasteiger partial charge in [0.25, 0.3) is 0 Å². The molecule has 1 amide bonds. The summed E-state index contributed by atoms with van der Waals surface area (Å²) in [6.07, 6.45) is 4.64. The fourth-order valence-electron chi connectivity index (χ4n) is 1.05. The quantitative estimate of drug-likeness (QED) is 0.615. The Kier molecular flexibility index (Phi) is 5.61. The van der Waals surface area contributed by atoms with E-state index in [2.05, 4.69) is 13.2 Å². The molecule has 0 aromatic heterocycles. The Hall–Kier alpha value is -1.31. The molecular weight excluding hydrogens is 174 g/mol. The molecule has 0 spiro atoms. The second-order valence-electron chi connectivity index (χ2n) is 3.10. The first-order chi connectivity index (χ1) is 6.52. The van der Waals surface area contributed by atoms with E-state index < -0.39 is 0 Å². The van der Waals surface area contributed by atoms with Crippen molar-refractivity contribution in [3.63, 3.8) is 0 Å². The van der Waals surface area contributed by atoms with Gasteiger partial charge in [-0.15, -0.1) is 0 Å². The molecule has 0 radical (unpaired) electrons. The summed E-state index contributed by atoms with van der Waals surface area (Å²) in [6, 6.07) is 0. The SMILES string of the molecule is C=C(/C=C\C(=C)N(CC)C(C)=O)CC. The Morgan fingerprint density at radius 2 is 1.86 bits per heavy atom. The third-order valence-corrected chi connectivity index (χ3v) is 2.01. The van der Waals surface area contributed by atoms with Crippen LogP contribution in [0.1, 0.15) is 27.2 Å². The Bertz CT molecular complexity index is 263. The summed E-state index contributed by atoms with van der Waals surface area (Å²) < 4.78 is 0. The smallest absolute Gasteiger partial charge is 0.223 e. The highest BCUT2D eigenvalue weighted by Gasteiger charge is 2.06. The van der Waals surface area contributed by atoms with Crippen LogP contribution in [0.4, 0.5) is 0 Å². The van der Waals surface area contributed by atoms with Gasteiger partial charge in [0.1, 0.15) is 0 Å². The van der Waals surface area contributed by atoms with Gasteiger partial charge in [-0.05, 0) is 19.4 Å². The molecule has 0 saturated heterocycles. The molecule has 0 heterocycles. The second-order valence-corrected chi connectivity index (χ2v) is 3.10. The first-order valence-corrected chi connectivity index (χ1v) is 4.85. The average molecular weight is 193 g/mol. The fourth-order valence-corrected chi connectivity index (χ4v) is 1.05. The monoisotopic (exact) mass is 193 g/mol. The highest BCUT2D eigenvalue weighted by molar-refractivity contribution is 5.75. The zero-order valence-corrected chi connectivity index (χ0v) is 9.34. The van der Waals surface area contributed by atoms with E-state index in [1.165, 1.54) is 6.92 Å². The molecular formula is C12H19NO. The second kappa shape index (κ2) is 6.19. The van der Waals surface area contributed by atoms with E-state index in [0.29, 0.717) is 6.54 Å². The largest absolute Gasteiger partial charge is 0.314 e. The van der Waals surface area contributed by atoms with Crippen molar-refractivity contribution in [3.8, 4) is 0 Å². The number of nitrogens with zero attached hydrogens (tertiary/aromatic N) is 1. The van der Waals surface area contributed by atoms with Crippen LogP contribution in [0.15, 0.2) is 36.6 Å². The van der Waals surface area contributed by atoms with Crippen LogP contribution in [-0.2, 0) is 4.79 Å². The van der Waals surface area contributed by atoms with Crippen molar-refractivity contribution in [3.05, 3.63) is 36.6 Å². The van der Waals surface area contributed by atoms with Crippen LogP contribution in [-0.4, -0.2) is 17.4 Å². The number of amides is 1. The summed E-state index contributed by atoms with van der Waals surface area (Å²) in [5.41, 5.74) is 1.75. The maximum Gasteiger partial charge on any atom is 0.223 e. The van der Waals surface area contributed by atoms with Crippen molar-refractivity contribution >= 4 is 5.91 Å². The maximum absolute atomic E-state index is 11.1. The van der Waals surface area contributed by atoms with Gasteiger partial charge in [0.15, 0.2) is 0 Å². The van der Waals surface area contributed by atoms with E-state index in [4.69, 9.17) is 0 Å². The van der Waals surface area contributed by atoms with Gasteiger partial charge in [0.05, 0.1) is 0 Å². The van der Waals surface area contributed by atoms with E-state index in [9.17, 15) is 4.79 Å². The van der Waals surface area contributed by atoms with Crippen LogP contribution in [0.2, 0.25) is 0 Å². The van der Waals surface area contributed by atoms with Gasteiger partial charge in [-0.1, -0.05) is 31.7 Å². The number of hydrogen-bond donors (Lipinski definition) is 0. The molecule has 0 aliphatic rings. The predicted molar refractivity (Wildman–Crippen MR) is 60.8 cm³/mol. The number of carbonyl (C=O) groups is 1. The van der Waals surface area contributed by atoms with E-state index in [1.54, 1.807) is 4.90 Å². The van der Waals surface area contributed by atoms with Crippen molar-refractivity contribution in [2.75, 3.05) is 6.54 Å². The molecule has 0 N–H and O–H groups in total. The summed E-state index contributed by atoms with van der Waals surface area (Å²) in [6.45, 7) is 13.8. The standard InChI is InChI=1S/C12H19NO/c1-6-10(3)8-9-11(4)13(7-2)12(5)14/h8-9H,3-4,6-7H2,1-2,5H3/b9-8-. The molecule has 0 aromatic rings. The minimum Gasteiger partial charge on any atom is -0.314 e.